The van der Waals surface area contributed by atoms with Crippen LogP contribution in [0.3, 0.4) is 0 Å². The van der Waals surface area contributed by atoms with E-state index in [1.54, 1.807) is 0 Å². The third kappa shape index (κ3) is 2.17. The largest absolute Gasteiger partial charge is 0.330 e. The summed E-state index contributed by atoms with van der Waals surface area (Å²) in [5.74, 6) is 0.611. The zero-order valence-electron chi connectivity index (χ0n) is 8.15. The van der Waals surface area contributed by atoms with Crippen LogP contribution in [0.2, 0.25) is 0 Å². The van der Waals surface area contributed by atoms with Crippen molar-refractivity contribution in [3.63, 3.8) is 0 Å². The number of hydrogen-bond donors (Lipinski definition) is 1. The number of fused-ring (bicyclic) bond motifs is 1. The molecule has 14 heavy (non-hydrogen) atoms. The van der Waals surface area contributed by atoms with Crippen molar-refractivity contribution in [1.29, 1.82) is 0 Å². The Morgan fingerprint density at radius 2 is 2.00 bits per heavy atom. The van der Waals surface area contributed by atoms with E-state index < -0.39 is 0 Å². The molecule has 0 saturated heterocycles. The molecular formula is C12H16ClN. The molecular weight excluding hydrogens is 194 g/mol. The van der Waals surface area contributed by atoms with Gasteiger partial charge in [-0.3, -0.25) is 0 Å². The molecule has 0 fully saturated rings. The van der Waals surface area contributed by atoms with Gasteiger partial charge in [-0.1, -0.05) is 36.4 Å². The van der Waals surface area contributed by atoms with Gasteiger partial charge in [0.1, 0.15) is 0 Å². The van der Waals surface area contributed by atoms with Crippen molar-refractivity contribution in [3.8, 4) is 0 Å². The van der Waals surface area contributed by atoms with E-state index in [1.807, 2.05) is 0 Å². The normalized spacial score (nSPS) is 17.6. The molecule has 0 bridgehead atoms. The lowest BCUT2D eigenvalue weighted by Gasteiger charge is -2.09. The molecule has 0 radical (unpaired) electrons. The zero-order chi connectivity index (χ0) is 9.10. The number of benzene rings is 1. The van der Waals surface area contributed by atoms with Crippen LogP contribution in [0.5, 0.6) is 0 Å². The van der Waals surface area contributed by atoms with Crippen molar-refractivity contribution in [2.24, 2.45) is 5.73 Å². The molecule has 2 rings (SSSR count). The van der Waals surface area contributed by atoms with Gasteiger partial charge < -0.3 is 5.73 Å². The monoisotopic (exact) mass is 209 g/mol. The Morgan fingerprint density at radius 3 is 2.79 bits per heavy atom. The molecule has 0 spiro atoms. The maximum Gasteiger partial charge on any atom is 0.00277 e. The molecule has 1 nitrogen and oxygen atoms in total. The Hall–Kier alpha value is -0.790. The molecule has 0 aliphatic heterocycles. The van der Waals surface area contributed by atoms with Crippen molar-refractivity contribution in [3.05, 3.63) is 41.5 Å². The highest BCUT2D eigenvalue weighted by Crippen LogP contribution is 2.32. The topological polar surface area (TPSA) is 26.0 Å². The van der Waals surface area contributed by atoms with Crippen molar-refractivity contribution < 1.29 is 0 Å². The lowest BCUT2D eigenvalue weighted by atomic mass is 9.96. The van der Waals surface area contributed by atoms with Crippen LogP contribution in [0.15, 0.2) is 30.3 Å². The first-order valence-corrected chi connectivity index (χ1v) is 4.89. The van der Waals surface area contributed by atoms with Crippen molar-refractivity contribution >= 4 is 18.5 Å². The minimum atomic E-state index is 0. The van der Waals surface area contributed by atoms with E-state index in [2.05, 4.69) is 36.4 Å². The number of rotatable bonds is 3. The summed E-state index contributed by atoms with van der Waals surface area (Å²) >= 11 is 0. The molecule has 1 aliphatic rings. The zero-order valence-corrected chi connectivity index (χ0v) is 8.96. The average molecular weight is 210 g/mol. The first kappa shape index (κ1) is 11.3. The molecule has 1 unspecified atom stereocenters. The highest BCUT2D eigenvalue weighted by atomic mass is 35.5. The number of halogens is 1. The molecule has 1 aromatic carbocycles. The molecule has 76 valence electrons. The molecule has 1 aromatic rings. The molecule has 0 heterocycles. The van der Waals surface area contributed by atoms with Gasteiger partial charge in [0.25, 0.3) is 0 Å². The lowest BCUT2D eigenvalue weighted by molar-refractivity contribution is 0.691. The predicted octanol–water partition coefficient (Wildman–Crippen LogP) is 2.96. The van der Waals surface area contributed by atoms with Gasteiger partial charge in [-0.15, -0.1) is 12.4 Å². The molecule has 0 amide bonds. The molecule has 2 heteroatoms. The summed E-state index contributed by atoms with van der Waals surface area (Å²) < 4.78 is 0. The van der Waals surface area contributed by atoms with Crippen LogP contribution in [-0.4, -0.2) is 6.54 Å². The second-order valence-corrected chi connectivity index (χ2v) is 3.53. The molecule has 2 N–H and O–H groups in total. The van der Waals surface area contributed by atoms with Crippen molar-refractivity contribution in [2.75, 3.05) is 6.54 Å². The van der Waals surface area contributed by atoms with Gasteiger partial charge >= 0.3 is 0 Å². The number of nitrogens with two attached hydrogens (primary N) is 1. The van der Waals surface area contributed by atoms with Crippen LogP contribution in [0.4, 0.5) is 0 Å². The Kier molecular flexibility index (Phi) is 4.18. The summed E-state index contributed by atoms with van der Waals surface area (Å²) in [5.41, 5.74) is 8.35. The third-order valence-electron chi connectivity index (χ3n) is 2.62. The van der Waals surface area contributed by atoms with E-state index >= 15 is 0 Å². The van der Waals surface area contributed by atoms with E-state index in [-0.39, 0.29) is 12.4 Å². The van der Waals surface area contributed by atoms with E-state index in [0.29, 0.717) is 5.92 Å². The molecule has 0 saturated carbocycles. The molecule has 1 atom stereocenters. The van der Waals surface area contributed by atoms with Crippen LogP contribution in [0.1, 0.15) is 29.9 Å². The van der Waals surface area contributed by atoms with Crippen molar-refractivity contribution in [1.82, 2.24) is 0 Å². The molecule has 1 aliphatic carbocycles. The van der Waals surface area contributed by atoms with Gasteiger partial charge in [0.2, 0.25) is 0 Å². The van der Waals surface area contributed by atoms with Gasteiger partial charge in [0.05, 0.1) is 0 Å². The van der Waals surface area contributed by atoms with Crippen LogP contribution in [-0.2, 0) is 0 Å². The smallest absolute Gasteiger partial charge is 0.00277 e. The SMILES string of the molecule is Cl.NCCCC1C=Cc2ccccc21. The highest BCUT2D eigenvalue weighted by Gasteiger charge is 2.15. The van der Waals surface area contributed by atoms with E-state index in [9.17, 15) is 0 Å². The summed E-state index contributed by atoms with van der Waals surface area (Å²) in [4.78, 5) is 0. The lowest BCUT2D eigenvalue weighted by Crippen LogP contribution is -2.01. The minimum Gasteiger partial charge on any atom is -0.330 e. The fourth-order valence-electron chi connectivity index (χ4n) is 1.91. The van der Waals surface area contributed by atoms with Gasteiger partial charge in [-0.2, -0.15) is 0 Å². The summed E-state index contributed by atoms with van der Waals surface area (Å²) in [6.45, 7) is 0.798. The van der Waals surface area contributed by atoms with Crippen LogP contribution in [0.25, 0.3) is 6.08 Å². The summed E-state index contributed by atoms with van der Waals surface area (Å²) in [5, 5.41) is 0. The first-order chi connectivity index (χ1) is 6.42. The van der Waals surface area contributed by atoms with E-state index in [4.69, 9.17) is 5.73 Å². The Balaban J connectivity index is 0.000000980. The fourth-order valence-corrected chi connectivity index (χ4v) is 1.91. The van der Waals surface area contributed by atoms with E-state index in [1.165, 1.54) is 17.5 Å². The minimum absolute atomic E-state index is 0. The summed E-state index contributed by atoms with van der Waals surface area (Å²) in [7, 11) is 0. The maximum absolute atomic E-state index is 5.50. The van der Waals surface area contributed by atoms with Gasteiger partial charge in [-0.25, -0.2) is 0 Å². The van der Waals surface area contributed by atoms with Crippen LogP contribution >= 0.6 is 12.4 Å². The standard InChI is InChI=1S/C12H15N.ClH/c13-9-3-5-11-8-7-10-4-1-2-6-12(10)11;/h1-2,4,6-8,11H,3,5,9,13H2;1H. The third-order valence-corrected chi connectivity index (χ3v) is 2.62. The molecule has 0 aromatic heterocycles. The van der Waals surface area contributed by atoms with Gasteiger partial charge in [0, 0.05) is 5.92 Å². The Labute approximate surface area is 91.4 Å². The predicted molar refractivity (Wildman–Crippen MR) is 63.8 cm³/mol. The van der Waals surface area contributed by atoms with Crippen molar-refractivity contribution in [2.45, 2.75) is 18.8 Å². The second-order valence-electron chi connectivity index (χ2n) is 3.53. The van der Waals surface area contributed by atoms with Crippen LogP contribution < -0.4 is 5.73 Å². The fraction of sp³-hybridized carbons (Fsp3) is 0.333. The maximum atomic E-state index is 5.50. The van der Waals surface area contributed by atoms with Crippen LogP contribution in [0, 0.1) is 0 Å². The van der Waals surface area contributed by atoms with Gasteiger partial charge in [0.15, 0.2) is 0 Å². The summed E-state index contributed by atoms with van der Waals surface area (Å²) in [6.07, 6.45) is 6.81. The first-order valence-electron chi connectivity index (χ1n) is 4.89. The quantitative estimate of drug-likeness (QED) is 0.814. The Bertz CT molecular complexity index is 320. The highest BCUT2D eigenvalue weighted by molar-refractivity contribution is 5.85. The van der Waals surface area contributed by atoms with E-state index in [0.717, 1.165) is 13.0 Å². The van der Waals surface area contributed by atoms with Gasteiger partial charge in [-0.05, 0) is 30.5 Å². The average Bonchev–Trinajstić information content (AvgIpc) is 2.58. The second kappa shape index (κ2) is 5.18. The number of hydrogen-bond acceptors (Lipinski definition) is 1. The number of allylic oxidation sites excluding steroid dienone is 1. The summed E-state index contributed by atoms with van der Waals surface area (Å²) in [6, 6.07) is 8.60. The Morgan fingerprint density at radius 1 is 1.21 bits per heavy atom.